The molecule has 2 amide bonds. The third-order valence-corrected chi connectivity index (χ3v) is 3.18. The molecule has 2 aromatic rings. The van der Waals surface area contributed by atoms with E-state index in [1.807, 2.05) is 32.0 Å². The zero-order valence-electron chi connectivity index (χ0n) is 14.2. The molecule has 0 bridgehead atoms. The number of amides is 2. The van der Waals surface area contributed by atoms with Gasteiger partial charge in [-0.3, -0.25) is 5.32 Å². The summed E-state index contributed by atoms with van der Waals surface area (Å²) < 4.78 is 16.0. The van der Waals surface area contributed by atoms with Crippen LogP contribution in [0.15, 0.2) is 28.8 Å². The van der Waals surface area contributed by atoms with Crippen LogP contribution in [0.3, 0.4) is 0 Å². The Labute approximate surface area is 141 Å². The normalized spacial score (nSPS) is 10.3. The fourth-order valence-electron chi connectivity index (χ4n) is 2.16. The molecule has 1 heterocycles. The predicted octanol–water partition coefficient (Wildman–Crippen LogP) is 3.14. The maximum atomic E-state index is 11.8. The van der Waals surface area contributed by atoms with E-state index >= 15 is 0 Å². The molecule has 0 aliphatic carbocycles. The highest BCUT2D eigenvalue weighted by Gasteiger charge is 2.08. The first kappa shape index (κ1) is 17.7. The van der Waals surface area contributed by atoms with E-state index in [1.165, 1.54) is 0 Å². The van der Waals surface area contributed by atoms with Crippen LogP contribution in [0.5, 0.6) is 11.5 Å². The number of anilines is 1. The SMILES string of the molecule is CCOc1ccc(CCNC(=O)Nc2cc(C)on2)cc1OCC. The van der Waals surface area contributed by atoms with Gasteiger partial charge in [0.1, 0.15) is 5.76 Å². The molecule has 24 heavy (non-hydrogen) atoms. The number of nitrogens with one attached hydrogen (secondary N) is 2. The van der Waals surface area contributed by atoms with Crippen molar-refractivity contribution in [2.45, 2.75) is 27.2 Å². The zero-order valence-corrected chi connectivity index (χ0v) is 14.2. The average Bonchev–Trinajstić information content (AvgIpc) is 2.95. The molecule has 2 N–H and O–H groups in total. The zero-order chi connectivity index (χ0) is 17.4. The number of benzene rings is 1. The topological polar surface area (TPSA) is 85.6 Å². The molecule has 0 aliphatic heterocycles. The molecule has 0 spiro atoms. The Kier molecular flexibility index (Phi) is 6.48. The number of rotatable bonds is 8. The van der Waals surface area contributed by atoms with E-state index in [4.69, 9.17) is 14.0 Å². The second-order valence-electron chi connectivity index (χ2n) is 5.10. The highest BCUT2D eigenvalue weighted by Crippen LogP contribution is 2.28. The third kappa shape index (κ3) is 5.19. The lowest BCUT2D eigenvalue weighted by atomic mass is 10.1. The van der Waals surface area contributed by atoms with Gasteiger partial charge < -0.3 is 19.3 Å². The van der Waals surface area contributed by atoms with Gasteiger partial charge in [-0.25, -0.2) is 4.79 Å². The van der Waals surface area contributed by atoms with Crippen molar-refractivity contribution in [3.8, 4) is 11.5 Å². The van der Waals surface area contributed by atoms with Gasteiger partial charge in [0.15, 0.2) is 17.3 Å². The lowest BCUT2D eigenvalue weighted by Gasteiger charge is -2.12. The van der Waals surface area contributed by atoms with Crippen molar-refractivity contribution in [1.82, 2.24) is 10.5 Å². The van der Waals surface area contributed by atoms with Crippen molar-refractivity contribution in [3.05, 3.63) is 35.6 Å². The molecular weight excluding hydrogens is 310 g/mol. The quantitative estimate of drug-likeness (QED) is 0.775. The van der Waals surface area contributed by atoms with E-state index in [0.29, 0.717) is 37.8 Å². The Balaban J connectivity index is 1.84. The molecule has 0 atom stereocenters. The van der Waals surface area contributed by atoms with Crippen LogP contribution in [0.2, 0.25) is 0 Å². The summed E-state index contributed by atoms with van der Waals surface area (Å²) in [6, 6.07) is 7.13. The summed E-state index contributed by atoms with van der Waals surface area (Å²) in [6.07, 6.45) is 0.678. The smallest absolute Gasteiger partial charge is 0.320 e. The van der Waals surface area contributed by atoms with Gasteiger partial charge in [-0.1, -0.05) is 11.2 Å². The van der Waals surface area contributed by atoms with Gasteiger partial charge in [0.05, 0.1) is 13.2 Å². The van der Waals surface area contributed by atoms with Crippen molar-refractivity contribution < 1.29 is 18.8 Å². The molecule has 0 unspecified atom stereocenters. The van der Waals surface area contributed by atoms with Crippen molar-refractivity contribution >= 4 is 11.8 Å². The highest BCUT2D eigenvalue weighted by atomic mass is 16.5. The van der Waals surface area contributed by atoms with Crippen LogP contribution in [0, 0.1) is 6.92 Å². The monoisotopic (exact) mass is 333 g/mol. The predicted molar refractivity (Wildman–Crippen MR) is 90.7 cm³/mol. The van der Waals surface area contributed by atoms with Gasteiger partial charge in [0.25, 0.3) is 0 Å². The van der Waals surface area contributed by atoms with Crippen LogP contribution in [0.4, 0.5) is 10.6 Å². The largest absolute Gasteiger partial charge is 0.490 e. The van der Waals surface area contributed by atoms with Crippen molar-refractivity contribution in [1.29, 1.82) is 0 Å². The van der Waals surface area contributed by atoms with Crippen LogP contribution in [0.1, 0.15) is 25.2 Å². The highest BCUT2D eigenvalue weighted by molar-refractivity contribution is 5.88. The van der Waals surface area contributed by atoms with Gasteiger partial charge in [0.2, 0.25) is 0 Å². The van der Waals surface area contributed by atoms with E-state index in [9.17, 15) is 4.79 Å². The molecule has 0 saturated heterocycles. The number of aromatic nitrogens is 1. The van der Waals surface area contributed by atoms with Crippen LogP contribution < -0.4 is 20.1 Å². The maximum Gasteiger partial charge on any atom is 0.320 e. The van der Waals surface area contributed by atoms with Gasteiger partial charge in [-0.15, -0.1) is 0 Å². The van der Waals surface area contributed by atoms with E-state index in [1.54, 1.807) is 13.0 Å². The van der Waals surface area contributed by atoms with E-state index in [0.717, 1.165) is 17.1 Å². The molecule has 130 valence electrons. The Morgan fingerprint density at radius 3 is 2.58 bits per heavy atom. The molecule has 1 aromatic carbocycles. The summed E-state index contributed by atoms with van der Waals surface area (Å²) in [4.78, 5) is 11.8. The number of aryl methyl sites for hydroxylation is 1. The lowest BCUT2D eigenvalue weighted by Crippen LogP contribution is -2.30. The van der Waals surface area contributed by atoms with Crippen molar-refractivity contribution in [2.24, 2.45) is 0 Å². The first-order chi connectivity index (χ1) is 11.6. The summed E-state index contributed by atoms with van der Waals surface area (Å²) >= 11 is 0. The minimum atomic E-state index is -0.320. The van der Waals surface area contributed by atoms with E-state index < -0.39 is 0 Å². The van der Waals surface area contributed by atoms with Crippen LogP contribution in [-0.4, -0.2) is 30.9 Å². The van der Waals surface area contributed by atoms with Gasteiger partial charge >= 0.3 is 6.03 Å². The Morgan fingerprint density at radius 1 is 1.17 bits per heavy atom. The van der Waals surface area contributed by atoms with Crippen LogP contribution >= 0.6 is 0 Å². The second kappa shape index (κ2) is 8.81. The number of carbonyl (C=O) groups is 1. The minimum absolute atomic E-state index is 0.320. The summed E-state index contributed by atoms with van der Waals surface area (Å²) in [5.41, 5.74) is 1.06. The number of ether oxygens (including phenoxy) is 2. The van der Waals surface area contributed by atoms with E-state index in [2.05, 4.69) is 15.8 Å². The lowest BCUT2D eigenvalue weighted by molar-refractivity contribution is 0.252. The Hall–Kier alpha value is -2.70. The summed E-state index contributed by atoms with van der Waals surface area (Å²) in [5.74, 6) is 2.49. The van der Waals surface area contributed by atoms with Gasteiger partial charge in [0, 0.05) is 12.6 Å². The molecular formula is C17H23N3O4. The number of carbonyl (C=O) groups excluding carboxylic acids is 1. The number of nitrogens with zero attached hydrogens (tertiary/aromatic N) is 1. The molecule has 7 nitrogen and oxygen atoms in total. The molecule has 0 aliphatic rings. The Morgan fingerprint density at radius 2 is 1.92 bits per heavy atom. The first-order valence-corrected chi connectivity index (χ1v) is 7.99. The summed E-state index contributed by atoms with van der Waals surface area (Å²) in [6.45, 7) is 7.27. The minimum Gasteiger partial charge on any atom is -0.490 e. The van der Waals surface area contributed by atoms with Gasteiger partial charge in [-0.05, 0) is 44.9 Å². The van der Waals surface area contributed by atoms with Crippen molar-refractivity contribution in [2.75, 3.05) is 25.1 Å². The van der Waals surface area contributed by atoms with Crippen LogP contribution in [-0.2, 0) is 6.42 Å². The number of urea groups is 1. The molecule has 1 aromatic heterocycles. The summed E-state index contributed by atoms with van der Waals surface area (Å²) in [7, 11) is 0. The average molecular weight is 333 g/mol. The van der Waals surface area contributed by atoms with Gasteiger partial charge in [-0.2, -0.15) is 0 Å². The molecule has 7 heteroatoms. The van der Waals surface area contributed by atoms with Crippen molar-refractivity contribution in [3.63, 3.8) is 0 Å². The standard InChI is InChI=1S/C17H23N3O4/c1-4-22-14-7-6-13(11-15(14)23-5-2)8-9-18-17(21)19-16-10-12(3)24-20-16/h6-7,10-11H,4-5,8-9H2,1-3H3,(H2,18,19,20,21). The Bertz CT molecular complexity index is 670. The van der Waals surface area contributed by atoms with E-state index in [-0.39, 0.29) is 6.03 Å². The molecule has 2 rings (SSSR count). The maximum absolute atomic E-state index is 11.8. The first-order valence-electron chi connectivity index (χ1n) is 7.99. The number of hydrogen-bond acceptors (Lipinski definition) is 5. The fraction of sp³-hybridized carbons (Fsp3) is 0.412. The fourth-order valence-corrected chi connectivity index (χ4v) is 2.16. The molecule has 0 saturated carbocycles. The summed E-state index contributed by atoms with van der Waals surface area (Å²) in [5, 5.41) is 9.09. The third-order valence-electron chi connectivity index (χ3n) is 3.18. The molecule has 0 fully saturated rings. The van der Waals surface area contributed by atoms with Crippen LogP contribution in [0.25, 0.3) is 0 Å². The molecule has 0 radical (unpaired) electrons. The second-order valence-corrected chi connectivity index (χ2v) is 5.10. The number of hydrogen-bond donors (Lipinski definition) is 2.